The highest BCUT2D eigenvalue weighted by Crippen LogP contribution is 2.25. The van der Waals surface area contributed by atoms with Crippen molar-refractivity contribution in [2.24, 2.45) is 7.05 Å². The van der Waals surface area contributed by atoms with Crippen molar-refractivity contribution in [3.05, 3.63) is 51.9 Å². The number of aromatic nitrogens is 1. The molecule has 0 aliphatic rings. The molecule has 2 rings (SSSR count). The normalized spacial score (nSPS) is 11.9. The Morgan fingerprint density at radius 1 is 1.34 bits per heavy atom. The number of likely N-dealkylation sites (N-methyl/N-ethyl adjacent to an activating group) is 1. The van der Waals surface area contributed by atoms with Crippen LogP contribution in [0.3, 0.4) is 0 Å². The molecule has 1 aromatic heterocycles. The number of nitrogens with two attached hydrogens (primary N) is 1. The van der Waals surface area contributed by atoms with Gasteiger partial charge in [-0.2, -0.15) is 0 Å². The number of benzene rings is 1. The van der Waals surface area contributed by atoms with Gasteiger partial charge >= 0.3 is 5.97 Å². The highest BCUT2D eigenvalue weighted by molar-refractivity contribution is 7.82. The molecule has 0 radical (unpaired) electrons. The summed E-state index contributed by atoms with van der Waals surface area (Å²) in [6.07, 6.45) is 1.51. The van der Waals surface area contributed by atoms with Crippen molar-refractivity contribution in [3.8, 4) is 0 Å². The quantitative estimate of drug-likeness (QED) is 0.374. The van der Waals surface area contributed by atoms with E-state index in [0.29, 0.717) is 11.3 Å². The zero-order chi connectivity index (χ0) is 21.9. The van der Waals surface area contributed by atoms with E-state index in [2.05, 4.69) is 5.32 Å². The molecule has 1 amide bonds. The summed E-state index contributed by atoms with van der Waals surface area (Å²) in [6.45, 7) is 1.38. The Kier molecular flexibility index (Phi) is 6.67. The maximum absolute atomic E-state index is 12.9. The number of rotatable bonds is 7. The molecule has 0 spiro atoms. The van der Waals surface area contributed by atoms with E-state index in [1.54, 1.807) is 20.0 Å². The van der Waals surface area contributed by atoms with Crippen molar-refractivity contribution < 1.29 is 18.9 Å². The lowest BCUT2D eigenvalue weighted by Crippen LogP contribution is -2.32. The van der Waals surface area contributed by atoms with Gasteiger partial charge in [0.25, 0.3) is 5.56 Å². The second-order valence-corrected chi connectivity index (χ2v) is 7.91. The molecular formula is C18H21N5O5S. The number of hydrogen-bond donors (Lipinski definition) is 4. The number of aliphatic carboxylic acids is 1. The fourth-order valence-corrected chi connectivity index (χ4v) is 3.64. The van der Waals surface area contributed by atoms with Crippen molar-refractivity contribution >= 4 is 39.9 Å². The van der Waals surface area contributed by atoms with Crippen molar-refractivity contribution in [1.82, 2.24) is 8.87 Å². The number of pyridine rings is 1. The number of amides is 1. The summed E-state index contributed by atoms with van der Waals surface area (Å²) in [5.41, 5.74) is 5.69. The van der Waals surface area contributed by atoms with E-state index in [1.165, 1.54) is 40.3 Å². The lowest BCUT2D eigenvalue weighted by Gasteiger charge is -2.18. The van der Waals surface area contributed by atoms with E-state index >= 15 is 0 Å². The first-order valence-electron chi connectivity index (χ1n) is 8.33. The molecule has 2 aromatic rings. The SMILES string of the molecule is Cc1cc(C(=N)C(=O)O)c(N)c(S(=O)N(C)CC(=O)Nc2ccn(C)c(=O)c2)c1. The topological polar surface area (TPSA) is 159 Å². The van der Waals surface area contributed by atoms with Crippen LogP contribution in [0.15, 0.2) is 40.2 Å². The van der Waals surface area contributed by atoms with E-state index in [4.69, 9.17) is 16.2 Å². The van der Waals surface area contributed by atoms with E-state index in [1.807, 2.05) is 0 Å². The molecule has 0 saturated heterocycles. The van der Waals surface area contributed by atoms with Gasteiger partial charge in [-0.05, 0) is 30.7 Å². The Morgan fingerprint density at radius 2 is 2.00 bits per heavy atom. The highest BCUT2D eigenvalue weighted by Gasteiger charge is 2.22. The van der Waals surface area contributed by atoms with Gasteiger partial charge in [-0.15, -0.1) is 0 Å². The number of carboxylic acids is 1. The zero-order valence-corrected chi connectivity index (χ0v) is 16.9. The van der Waals surface area contributed by atoms with Crippen LogP contribution in [0, 0.1) is 12.3 Å². The first-order chi connectivity index (χ1) is 13.5. The van der Waals surface area contributed by atoms with Gasteiger partial charge in [-0.3, -0.25) is 15.0 Å². The fraction of sp³-hybridized carbons (Fsp3) is 0.222. The monoisotopic (exact) mass is 419 g/mol. The summed E-state index contributed by atoms with van der Waals surface area (Å²) >= 11 is 0. The van der Waals surface area contributed by atoms with Crippen LogP contribution >= 0.6 is 0 Å². The van der Waals surface area contributed by atoms with Gasteiger partial charge in [-0.25, -0.2) is 13.3 Å². The van der Waals surface area contributed by atoms with Crippen LogP contribution in [0.1, 0.15) is 11.1 Å². The first kappa shape index (κ1) is 22.0. The third-order valence-corrected chi connectivity index (χ3v) is 5.40. The van der Waals surface area contributed by atoms with Gasteiger partial charge < -0.3 is 20.7 Å². The molecule has 0 bridgehead atoms. The Hall–Kier alpha value is -3.31. The van der Waals surface area contributed by atoms with Gasteiger partial charge in [0.05, 0.1) is 17.1 Å². The molecular weight excluding hydrogens is 398 g/mol. The van der Waals surface area contributed by atoms with E-state index in [9.17, 15) is 18.6 Å². The Balaban J connectivity index is 2.20. The summed E-state index contributed by atoms with van der Waals surface area (Å²) in [6, 6.07) is 5.75. The second-order valence-electron chi connectivity index (χ2n) is 6.35. The Labute approximate surface area is 169 Å². The minimum absolute atomic E-state index is 0.0427. The summed E-state index contributed by atoms with van der Waals surface area (Å²) in [5, 5.41) is 19.2. The molecule has 5 N–H and O–H groups in total. The van der Waals surface area contributed by atoms with Crippen molar-refractivity contribution in [3.63, 3.8) is 0 Å². The molecule has 10 nitrogen and oxygen atoms in total. The van der Waals surface area contributed by atoms with E-state index in [-0.39, 0.29) is 28.3 Å². The number of nitrogens with zero attached hydrogens (tertiary/aromatic N) is 2. The molecule has 154 valence electrons. The third kappa shape index (κ3) is 5.15. The number of nitrogen functional groups attached to an aromatic ring is 1. The van der Waals surface area contributed by atoms with Crippen LogP contribution in [-0.2, 0) is 27.6 Å². The summed E-state index contributed by atoms with van der Waals surface area (Å²) in [7, 11) is 1.13. The van der Waals surface area contributed by atoms with Crippen LogP contribution in [-0.4, -0.2) is 49.4 Å². The molecule has 29 heavy (non-hydrogen) atoms. The molecule has 1 aromatic carbocycles. The number of nitrogens with one attached hydrogen (secondary N) is 2. The number of carbonyl (C=O) groups excluding carboxylic acids is 1. The molecule has 0 fully saturated rings. The van der Waals surface area contributed by atoms with Crippen molar-refractivity contribution in [2.75, 3.05) is 24.6 Å². The third-order valence-electron chi connectivity index (χ3n) is 4.00. The van der Waals surface area contributed by atoms with Gasteiger partial charge in [0.1, 0.15) is 16.7 Å². The maximum atomic E-state index is 12.9. The van der Waals surface area contributed by atoms with E-state index < -0.39 is 28.6 Å². The predicted molar refractivity (Wildman–Crippen MR) is 109 cm³/mol. The number of carboxylic acid groups (broad SMARTS) is 1. The Bertz CT molecular complexity index is 1080. The van der Waals surface area contributed by atoms with Crippen molar-refractivity contribution in [2.45, 2.75) is 11.8 Å². The first-order valence-corrected chi connectivity index (χ1v) is 9.43. The fourth-order valence-electron chi connectivity index (χ4n) is 2.49. The average molecular weight is 419 g/mol. The Morgan fingerprint density at radius 3 is 2.59 bits per heavy atom. The largest absolute Gasteiger partial charge is 0.477 e. The van der Waals surface area contributed by atoms with E-state index in [0.717, 1.165) is 0 Å². The lowest BCUT2D eigenvalue weighted by atomic mass is 10.1. The molecule has 11 heteroatoms. The predicted octanol–water partition coefficient (Wildman–Crippen LogP) is 0.321. The van der Waals surface area contributed by atoms with Crippen LogP contribution in [0.4, 0.5) is 11.4 Å². The number of hydrogen-bond acceptors (Lipinski definition) is 6. The van der Waals surface area contributed by atoms with Gasteiger partial charge in [-0.1, -0.05) is 0 Å². The molecule has 0 saturated carbocycles. The van der Waals surface area contributed by atoms with Crippen LogP contribution in [0.5, 0.6) is 0 Å². The molecule has 0 aliphatic carbocycles. The molecule has 1 unspecified atom stereocenters. The highest BCUT2D eigenvalue weighted by atomic mass is 32.2. The summed E-state index contributed by atoms with van der Waals surface area (Å²) in [5.74, 6) is -1.96. The van der Waals surface area contributed by atoms with Crippen molar-refractivity contribution in [1.29, 1.82) is 5.41 Å². The minimum Gasteiger partial charge on any atom is -0.477 e. The standard InChI is InChI=1S/C18H21N5O5S/c1-10-6-12(17(20)18(26)27)16(19)13(7-10)29(28)23(3)9-14(24)21-11-4-5-22(2)15(25)8-11/h4-8,20H,9,19H2,1-3H3,(H,21,24)(H,26,27). The minimum atomic E-state index is -1.88. The maximum Gasteiger partial charge on any atom is 0.354 e. The van der Waals surface area contributed by atoms with Gasteiger partial charge in [0, 0.05) is 37.6 Å². The molecule has 0 aliphatic heterocycles. The van der Waals surface area contributed by atoms with Crippen LogP contribution in [0.25, 0.3) is 0 Å². The number of carbonyl (C=O) groups is 2. The number of aryl methyl sites for hydroxylation is 2. The molecule has 1 heterocycles. The number of anilines is 2. The molecule has 1 atom stereocenters. The lowest BCUT2D eigenvalue weighted by molar-refractivity contribution is -0.129. The summed E-state index contributed by atoms with van der Waals surface area (Å²) in [4.78, 5) is 35.1. The summed E-state index contributed by atoms with van der Waals surface area (Å²) < 4.78 is 15.4. The van der Waals surface area contributed by atoms with Crippen LogP contribution in [0.2, 0.25) is 0 Å². The average Bonchev–Trinajstić information content (AvgIpc) is 2.64. The van der Waals surface area contributed by atoms with Gasteiger partial charge in [0.15, 0.2) is 0 Å². The second kappa shape index (κ2) is 8.80. The zero-order valence-electron chi connectivity index (χ0n) is 16.1. The smallest absolute Gasteiger partial charge is 0.354 e. The van der Waals surface area contributed by atoms with Gasteiger partial charge in [0.2, 0.25) is 5.91 Å². The van der Waals surface area contributed by atoms with Crippen LogP contribution < -0.4 is 16.6 Å².